The number of hydrogen-bond acceptors (Lipinski definition) is 4. The van der Waals surface area contributed by atoms with Crippen molar-refractivity contribution in [3.8, 4) is 0 Å². The summed E-state index contributed by atoms with van der Waals surface area (Å²) in [5.74, 6) is -1.77. The lowest BCUT2D eigenvalue weighted by molar-refractivity contribution is 0.0933. The zero-order chi connectivity index (χ0) is 18.0. The highest BCUT2D eigenvalue weighted by Gasteiger charge is 2.24. The maximum absolute atomic E-state index is 13.9. The minimum Gasteiger partial charge on any atom is -0.344 e. The van der Waals surface area contributed by atoms with Gasteiger partial charge in [-0.05, 0) is 45.8 Å². The summed E-state index contributed by atoms with van der Waals surface area (Å²) in [7, 11) is 0. The van der Waals surface area contributed by atoms with Crippen LogP contribution in [0.1, 0.15) is 53.6 Å². The molecule has 134 valence electrons. The molecule has 1 saturated heterocycles. The van der Waals surface area contributed by atoms with Gasteiger partial charge >= 0.3 is 0 Å². The van der Waals surface area contributed by atoms with Gasteiger partial charge < -0.3 is 10.6 Å². The summed E-state index contributed by atoms with van der Waals surface area (Å²) >= 11 is 0. The average molecular weight is 349 g/mol. The maximum Gasteiger partial charge on any atom is 0.274 e. The Morgan fingerprint density at radius 3 is 2.76 bits per heavy atom. The first kappa shape index (κ1) is 17.5. The van der Waals surface area contributed by atoms with Crippen molar-refractivity contribution in [2.24, 2.45) is 0 Å². The minimum atomic E-state index is -0.692. The number of rotatable bonds is 4. The molecule has 2 heterocycles. The van der Waals surface area contributed by atoms with E-state index in [1.165, 1.54) is 12.1 Å². The van der Waals surface area contributed by atoms with Crippen LogP contribution in [0.25, 0.3) is 0 Å². The Kier molecular flexibility index (Phi) is 5.08. The Morgan fingerprint density at radius 1 is 1.36 bits per heavy atom. The van der Waals surface area contributed by atoms with Crippen molar-refractivity contribution in [1.29, 1.82) is 0 Å². The molecule has 1 aromatic carbocycles. The maximum atomic E-state index is 13.9. The molecular formula is C17H21F2N5O. The summed E-state index contributed by atoms with van der Waals surface area (Å²) in [6.45, 7) is 5.26. The van der Waals surface area contributed by atoms with Crippen molar-refractivity contribution in [2.75, 3.05) is 13.1 Å². The van der Waals surface area contributed by atoms with Crippen molar-refractivity contribution >= 4 is 5.91 Å². The Bertz CT molecular complexity index is 770. The van der Waals surface area contributed by atoms with Gasteiger partial charge in [-0.3, -0.25) is 4.79 Å². The van der Waals surface area contributed by atoms with E-state index in [1.807, 2.05) is 0 Å². The number of carbonyl (C=O) groups excluding carboxylic acids is 1. The Morgan fingerprint density at radius 2 is 2.08 bits per heavy atom. The molecule has 0 aliphatic carbocycles. The van der Waals surface area contributed by atoms with Gasteiger partial charge in [0, 0.05) is 11.6 Å². The van der Waals surface area contributed by atoms with Crippen molar-refractivity contribution in [2.45, 2.75) is 38.8 Å². The Hall–Kier alpha value is -2.35. The zero-order valence-electron chi connectivity index (χ0n) is 14.2. The highest BCUT2D eigenvalue weighted by Crippen LogP contribution is 2.21. The van der Waals surface area contributed by atoms with Crippen molar-refractivity contribution in [3.05, 3.63) is 46.8 Å². The molecule has 1 aliphatic rings. The summed E-state index contributed by atoms with van der Waals surface area (Å²) in [6.07, 6.45) is 1.87. The first-order valence-corrected chi connectivity index (χ1v) is 8.35. The SMILES string of the molecule is Cc1c(C(=O)NC(C)c2ccc(F)cc2F)nnn1C1CCNCC1. The van der Waals surface area contributed by atoms with Crippen LogP contribution in [0.3, 0.4) is 0 Å². The number of hydrogen-bond donors (Lipinski definition) is 2. The summed E-state index contributed by atoms with van der Waals surface area (Å²) in [6, 6.07) is 2.91. The molecule has 6 nitrogen and oxygen atoms in total. The van der Waals surface area contributed by atoms with Gasteiger partial charge in [0.05, 0.1) is 17.8 Å². The van der Waals surface area contributed by atoms with E-state index in [0.717, 1.165) is 32.0 Å². The lowest BCUT2D eigenvalue weighted by atomic mass is 10.1. The van der Waals surface area contributed by atoms with E-state index in [2.05, 4.69) is 20.9 Å². The van der Waals surface area contributed by atoms with Gasteiger partial charge in [-0.25, -0.2) is 13.5 Å². The molecule has 0 bridgehead atoms. The fraction of sp³-hybridized carbons (Fsp3) is 0.471. The third-order valence-electron chi connectivity index (χ3n) is 4.57. The van der Waals surface area contributed by atoms with Crippen LogP contribution in [0, 0.1) is 18.6 Å². The number of nitrogens with zero attached hydrogens (tertiary/aromatic N) is 3. The smallest absolute Gasteiger partial charge is 0.274 e. The molecular weight excluding hydrogens is 328 g/mol. The number of amides is 1. The number of aromatic nitrogens is 3. The molecule has 0 saturated carbocycles. The van der Waals surface area contributed by atoms with Crippen LogP contribution in [-0.4, -0.2) is 34.0 Å². The molecule has 2 N–H and O–H groups in total. The van der Waals surface area contributed by atoms with Gasteiger partial charge in [-0.15, -0.1) is 5.10 Å². The van der Waals surface area contributed by atoms with Crippen LogP contribution in [0.4, 0.5) is 8.78 Å². The van der Waals surface area contributed by atoms with Crippen LogP contribution in [-0.2, 0) is 0 Å². The van der Waals surface area contributed by atoms with E-state index in [9.17, 15) is 13.6 Å². The molecule has 8 heteroatoms. The number of halogens is 2. The van der Waals surface area contributed by atoms with E-state index >= 15 is 0 Å². The normalized spacial score (nSPS) is 16.6. The highest BCUT2D eigenvalue weighted by atomic mass is 19.1. The van der Waals surface area contributed by atoms with Gasteiger partial charge in [0.25, 0.3) is 5.91 Å². The second kappa shape index (κ2) is 7.26. The lowest BCUT2D eigenvalue weighted by Gasteiger charge is -2.23. The lowest BCUT2D eigenvalue weighted by Crippen LogP contribution is -2.31. The fourth-order valence-corrected chi connectivity index (χ4v) is 3.14. The Balaban J connectivity index is 1.74. The molecule has 1 aliphatic heterocycles. The molecule has 3 rings (SSSR count). The quantitative estimate of drug-likeness (QED) is 0.888. The second-order valence-electron chi connectivity index (χ2n) is 6.31. The third-order valence-corrected chi connectivity index (χ3v) is 4.57. The predicted molar refractivity (Wildman–Crippen MR) is 88.1 cm³/mol. The molecule has 0 radical (unpaired) electrons. The van der Waals surface area contributed by atoms with E-state index < -0.39 is 23.6 Å². The van der Waals surface area contributed by atoms with E-state index in [4.69, 9.17) is 0 Å². The summed E-state index contributed by atoms with van der Waals surface area (Å²) < 4.78 is 28.7. The fourth-order valence-electron chi connectivity index (χ4n) is 3.14. The molecule has 1 amide bonds. The van der Waals surface area contributed by atoms with E-state index in [1.54, 1.807) is 18.5 Å². The average Bonchev–Trinajstić information content (AvgIpc) is 2.97. The topological polar surface area (TPSA) is 71.8 Å². The summed E-state index contributed by atoms with van der Waals surface area (Å²) in [5, 5.41) is 14.1. The van der Waals surface area contributed by atoms with Crippen LogP contribution in [0.15, 0.2) is 18.2 Å². The number of piperidine rings is 1. The van der Waals surface area contributed by atoms with Gasteiger partial charge in [0.1, 0.15) is 11.6 Å². The van der Waals surface area contributed by atoms with Crippen molar-refractivity contribution in [3.63, 3.8) is 0 Å². The molecule has 2 aromatic rings. The first-order chi connectivity index (χ1) is 12.0. The molecule has 1 aromatic heterocycles. The van der Waals surface area contributed by atoms with Crippen molar-refractivity contribution < 1.29 is 13.6 Å². The molecule has 1 atom stereocenters. The monoisotopic (exact) mass is 349 g/mol. The van der Waals surface area contributed by atoms with Crippen molar-refractivity contribution in [1.82, 2.24) is 25.6 Å². The predicted octanol–water partition coefficient (Wildman–Crippen LogP) is 2.28. The van der Waals surface area contributed by atoms with Gasteiger partial charge in [0.2, 0.25) is 0 Å². The first-order valence-electron chi connectivity index (χ1n) is 8.35. The number of carbonyl (C=O) groups is 1. The Labute approximate surface area is 144 Å². The van der Waals surface area contributed by atoms with Gasteiger partial charge in [-0.1, -0.05) is 11.3 Å². The highest BCUT2D eigenvalue weighted by molar-refractivity contribution is 5.93. The number of benzene rings is 1. The van der Waals surface area contributed by atoms with Gasteiger partial charge in [0.15, 0.2) is 5.69 Å². The molecule has 25 heavy (non-hydrogen) atoms. The van der Waals surface area contributed by atoms with Gasteiger partial charge in [-0.2, -0.15) is 0 Å². The summed E-state index contributed by atoms with van der Waals surface area (Å²) in [5.41, 5.74) is 1.14. The second-order valence-corrected chi connectivity index (χ2v) is 6.31. The van der Waals surface area contributed by atoms with Crippen LogP contribution < -0.4 is 10.6 Å². The van der Waals surface area contributed by atoms with Crippen LogP contribution in [0.2, 0.25) is 0 Å². The molecule has 0 spiro atoms. The van der Waals surface area contributed by atoms with E-state index in [-0.39, 0.29) is 17.3 Å². The third kappa shape index (κ3) is 3.68. The van der Waals surface area contributed by atoms with Crippen LogP contribution in [0.5, 0.6) is 0 Å². The number of nitrogens with one attached hydrogen (secondary N) is 2. The molecule has 1 fully saturated rings. The molecule has 1 unspecified atom stereocenters. The van der Waals surface area contributed by atoms with E-state index in [0.29, 0.717) is 5.69 Å². The standard InChI is InChI=1S/C17H21F2N5O/c1-10(14-4-3-12(18)9-15(14)19)21-17(25)16-11(2)24(23-22-16)13-5-7-20-8-6-13/h3-4,9-10,13,20H,5-8H2,1-2H3,(H,21,25). The zero-order valence-corrected chi connectivity index (χ0v) is 14.2. The minimum absolute atomic E-state index is 0.221. The van der Waals surface area contributed by atoms with Crippen LogP contribution >= 0.6 is 0 Å². The summed E-state index contributed by atoms with van der Waals surface area (Å²) in [4.78, 5) is 12.5. The largest absolute Gasteiger partial charge is 0.344 e.